The van der Waals surface area contributed by atoms with Crippen molar-refractivity contribution >= 4 is 17.6 Å². The van der Waals surface area contributed by atoms with Gasteiger partial charge >= 0.3 is 5.97 Å². The van der Waals surface area contributed by atoms with Crippen LogP contribution in [0.2, 0.25) is 5.15 Å². The number of H-pyrrole nitrogens is 1. The van der Waals surface area contributed by atoms with Crippen molar-refractivity contribution < 1.29 is 9.53 Å². The van der Waals surface area contributed by atoms with Gasteiger partial charge in [0.1, 0.15) is 12.4 Å². The van der Waals surface area contributed by atoms with Gasteiger partial charge in [-0.15, -0.1) is 10.2 Å². The largest absolute Gasteiger partial charge is 0.459 e. The number of nitrogens with zero attached hydrogens (tertiary/aromatic N) is 5. The van der Waals surface area contributed by atoms with Crippen molar-refractivity contribution in [2.75, 3.05) is 0 Å². The summed E-state index contributed by atoms with van der Waals surface area (Å²) in [5, 5.41) is 14.8. The average molecular weight is 493 g/mol. The number of tetrazole rings is 1. The number of nitrogens with one attached hydrogen (secondary N) is 1. The molecule has 0 radical (unpaired) electrons. The number of imidazole rings is 1. The molecule has 0 fully saturated rings. The first-order chi connectivity index (χ1) is 17.1. The average Bonchev–Trinajstić information content (AvgIpc) is 3.51. The van der Waals surface area contributed by atoms with E-state index in [4.69, 9.17) is 16.3 Å². The molecule has 35 heavy (non-hydrogen) atoms. The normalized spacial score (nSPS) is 11.1. The first-order valence-corrected chi connectivity index (χ1v) is 12.3. The minimum Gasteiger partial charge on any atom is -0.459 e. The van der Waals surface area contributed by atoms with Crippen LogP contribution >= 0.6 is 11.6 Å². The SMILES string of the molecule is CCCCc1nc(Cl)c(COC(=O)CCC)n1Cc1ccc(-c2ccccc2-c2nn[nH]n2)cc1. The number of benzene rings is 2. The van der Waals surface area contributed by atoms with Gasteiger partial charge in [-0.3, -0.25) is 4.79 Å². The second-order valence-electron chi connectivity index (χ2n) is 8.34. The molecule has 2 heterocycles. The van der Waals surface area contributed by atoms with Crippen LogP contribution in [0.1, 0.15) is 56.6 Å². The first kappa shape index (κ1) is 24.6. The summed E-state index contributed by atoms with van der Waals surface area (Å²) in [5.41, 5.74) is 4.82. The minimum absolute atomic E-state index is 0.118. The van der Waals surface area contributed by atoms with Gasteiger partial charge in [-0.25, -0.2) is 4.98 Å². The molecule has 0 saturated carbocycles. The maximum absolute atomic E-state index is 12.0. The van der Waals surface area contributed by atoms with Gasteiger partial charge in [-0.2, -0.15) is 5.21 Å². The molecule has 182 valence electrons. The Labute approximate surface area is 209 Å². The van der Waals surface area contributed by atoms with Crippen LogP contribution < -0.4 is 0 Å². The highest BCUT2D eigenvalue weighted by Gasteiger charge is 2.18. The zero-order valence-corrected chi connectivity index (χ0v) is 20.8. The molecule has 0 saturated heterocycles. The van der Waals surface area contributed by atoms with E-state index in [2.05, 4.69) is 61.4 Å². The molecule has 4 aromatic rings. The Balaban J connectivity index is 1.59. The molecule has 2 aromatic heterocycles. The lowest BCUT2D eigenvalue weighted by atomic mass is 9.98. The number of aromatic nitrogens is 6. The maximum atomic E-state index is 12.0. The van der Waals surface area contributed by atoms with E-state index in [9.17, 15) is 4.79 Å². The highest BCUT2D eigenvalue weighted by Crippen LogP contribution is 2.30. The standard InChI is InChI=1S/C26H29ClN6O2/c1-3-5-11-23-28-25(27)22(17-35-24(34)8-4-2)33(23)16-18-12-14-19(15-13-18)20-9-6-7-10-21(20)26-29-31-32-30-26/h6-7,9-10,12-15H,3-5,8,11,16-17H2,1-2H3,(H,29,30,31,32). The van der Waals surface area contributed by atoms with Gasteiger partial charge < -0.3 is 9.30 Å². The van der Waals surface area contributed by atoms with Crippen LogP contribution in [0.5, 0.6) is 0 Å². The van der Waals surface area contributed by atoms with Crippen LogP contribution in [-0.2, 0) is 29.1 Å². The fraction of sp³-hybridized carbons (Fsp3) is 0.346. The van der Waals surface area contributed by atoms with E-state index in [1.54, 1.807) is 0 Å². The number of rotatable bonds is 11. The Morgan fingerprint density at radius 3 is 2.51 bits per heavy atom. The monoisotopic (exact) mass is 492 g/mol. The summed E-state index contributed by atoms with van der Waals surface area (Å²) < 4.78 is 7.55. The molecule has 0 amide bonds. The molecule has 0 bridgehead atoms. The van der Waals surface area contributed by atoms with Crippen molar-refractivity contribution in [3.63, 3.8) is 0 Å². The van der Waals surface area contributed by atoms with Crippen LogP contribution in [0.15, 0.2) is 48.5 Å². The van der Waals surface area contributed by atoms with Gasteiger partial charge in [0.2, 0.25) is 5.82 Å². The summed E-state index contributed by atoms with van der Waals surface area (Å²) in [6, 6.07) is 16.3. The highest BCUT2D eigenvalue weighted by molar-refractivity contribution is 6.30. The lowest BCUT2D eigenvalue weighted by Gasteiger charge is -2.14. The van der Waals surface area contributed by atoms with Crippen LogP contribution in [0.25, 0.3) is 22.5 Å². The van der Waals surface area contributed by atoms with Gasteiger partial charge in [0.15, 0.2) is 5.15 Å². The van der Waals surface area contributed by atoms with Gasteiger partial charge in [-0.1, -0.05) is 80.4 Å². The van der Waals surface area contributed by atoms with E-state index in [0.29, 0.717) is 23.9 Å². The molecule has 9 heteroatoms. The number of hydrogen-bond acceptors (Lipinski definition) is 6. The molecule has 0 aliphatic carbocycles. The van der Waals surface area contributed by atoms with Gasteiger partial charge in [-0.05, 0) is 34.7 Å². The molecular formula is C26H29ClN6O2. The van der Waals surface area contributed by atoms with Crippen LogP contribution in [-0.4, -0.2) is 36.1 Å². The van der Waals surface area contributed by atoms with Crippen LogP contribution in [0, 0.1) is 0 Å². The Hall–Kier alpha value is -3.52. The predicted octanol–water partition coefficient (Wildman–Crippen LogP) is 5.62. The summed E-state index contributed by atoms with van der Waals surface area (Å²) in [5.74, 6) is 1.24. The topological polar surface area (TPSA) is 98.6 Å². The van der Waals surface area contributed by atoms with E-state index in [1.165, 1.54) is 0 Å². The molecule has 0 aliphatic rings. The van der Waals surface area contributed by atoms with Crippen molar-refractivity contribution in [3.05, 3.63) is 70.8 Å². The molecular weight excluding hydrogens is 464 g/mol. The number of halogens is 1. The Morgan fingerprint density at radius 1 is 1.06 bits per heavy atom. The van der Waals surface area contributed by atoms with E-state index in [0.717, 1.165) is 59.5 Å². The third-order valence-electron chi connectivity index (χ3n) is 5.80. The van der Waals surface area contributed by atoms with Crippen LogP contribution in [0.3, 0.4) is 0 Å². The van der Waals surface area contributed by atoms with E-state index in [-0.39, 0.29) is 12.6 Å². The van der Waals surface area contributed by atoms with E-state index < -0.39 is 0 Å². The van der Waals surface area contributed by atoms with Crippen molar-refractivity contribution in [1.82, 2.24) is 30.2 Å². The number of aromatic amines is 1. The molecule has 0 unspecified atom stereocenters. The molecule has 4 rings (SSSR count). The summed E-state index contributed by atoms with van der Waals surface area (Å²) in [6.07, 6.45) is 4.01. The Morgan fingerprint density at radius 2 is 1.83 bits per heavy atom. The highest BCUT2D eigenvalue weighted by atomic mass is 35.5. The molecule has 8 nitrogen and oxygen atoms in total. The second-order valence-corrected chi connectivity index (χ2v) is 8.70. The number of esters is 1. The molecule has 2 aromatic carbocycles. The van der Waals surface area contributed by atoms with Crippen molar-refractivity contribution in [1.29, 1.82) is 0 Å². The molecule has 0 spiro atoms. The summed E-state index contributed by atoms with van der Waals surface area (Å²) in [4.78, 5) is 16.5. The van der Waals surface area contributed by atoms with E-state index in [1.807, 2.05) is 31.2 Å². The number of hydrogen-bond donors (Lipinski definition) is 1. The maximum Gasteiger partial charge on any atom is 0.306 e. The minimum atomic E-state index is -0.226. The molecule has 0 atom stereocenters. The quantitative estimate of drug-likeness (QED) is 0.273. The van der Waals surface area contributed by atoms with Gasteiger partial charge in [0.05, 0.1) is 5.69 Å². The third-order valence-corrected chi connectivity index (χ3v) is 6.10. The zero-order chi connectivity index (χ0) is 24.6. The smallest absolute Gasteiger partial charge is 0.306 e. The van der Waals surface area contributed by atoms with Crippen LogP contribution in [0.4, 0.5) is 0 Å². The number of ether oxygens (including phenoxy) is 1. The fourth-order valence-electron chi connectivity index (χ4n) is 3.96. The lowest BCUT2D eigenvalue weighted by molar-refractivity contribution is -0.145. The van der Waals surface area contributed by atoms with Gasteiger partial charge in [0, 0.05) is 24.9 Å². The number of carbonyl (C=O) groups excluding carboxylic acids is 1. The third kappa shape index (κ3) is 5.95. The second kappa shape index (κ2) is 11.8. The summed E-state index contributed by atoms with van der Waals surface area (Å²) >= 11 is 6.48. The molecule has 0 aliphatic heterocycles. The van der Waals surface area contributed by atoms with Crippen molar-refractivity contribution in [2.45, 2.75) is 59.1 Å². The number of aryl methyl sites for hydroxylation is 1. The summed E-state index contributed by atoms with van der Waals surface area (Å²) in [7, 11) is 0. The van der Waals surface area contributed by atoms with Gasteiger partial charge in [0.25, 0.3) is 0 Å². The fourth-order valence-corrected chi connectivity index (χ4v) is 4.21. The van der Waals surface area contributed by atoms with Crippen molar-refractivity contribution in [2.24, 2.45) is 0 Å². The number of unbranched alkanes of at least 4 members (excludes halogenated alkanes) is 1. The first-order valence-electron chi connectivity index (χ1n) is 11.9. The Bertz CT molecular complexity index is 1250. The predicted molar refractivity (Wildman–Crippen MR) is 135 cm³/mol. The Kier molecular flexibility index (Phi) is 8.26. The van der Waals surface area contributed by atoms with Crippen molar-refractivity contribution in [3.8, 4) is 22.5 Å². The number of carbonyl (C=O) groups is 1. The zero-order valence-electron chi connectivity index (χ0n) is 20.0. The lowest BCUT2D eigenvalue weighted by Crippen LogP contribution is -2.12. The summed E-state index contributed by atoms with van der Waals surface area (Å²) in [6.45, 7) is 4.80. The van der Waals surface area contributed by atoms with E-state index >= 15 is 0 Å². The molecule has 1 N–H and O–H groups in total.